The largest absolute Gasteiger partial charge is 0.477 e. The molecule has 0 spiro atoms. The Balaban J connectivity index is 3.46. The SMILES string of the molecule is CCSCCNCC(F)(F)C(=O)O. The third kappa shape index (κ3) is 5.81. The first-order valence-corrected chi connectivity index (χ1v) is 5.06. The fraction of sp³-hybridized carbons (Fsp3) is 0.857. The minimum Gasteiger partial charge on any atom is -0.477 e. The fourth-order valence-corrected chi connectivity index (χ4v) is 1.19. The van der Waals surface area contributed by atoms with Crippen LogP contribution in [0.4, 0.5) is 8.78 Å². The van der Waals surface area contributed by atoms with Crippen molar-refractivity contribution in [1.82, 2.24) is 5.32 Å². The molecule has 0 aromatic rings. The van der Waals surface area contributed by atoms with E-state index in [4.69, 9.17) is 5.11 Å². The number of hydrogen-bond donors (Lipinski definition) is 2. The number of thioether (sulfide) groups is 1. The van der Waals surface area contributed by atoms with E-state index in [0.717, 1.165) is 5.75 Å². The highest BCUT2D eigenvalue weighted by Crippen LogP contribution is 2.11. The Kier molecular flexibility index (Phi) is 5.98. The number of nitrogens with one attached hydrogen (secondary N) is 1. The molecule has 0 heterocycles. The van der Waals surface area contributed by atoms with Crippen molar-refractivity contribution in [3.63, 3.8) is 0 Å². The van der Waals surface area contributed by atoms with Crippen molar-refractivity contribution in [2.75, 3.05) is 24.6 Å². The molecule has 0 unspecified atom stereocenters. The highest BCUT2D eigenvalue weighted by molar-refractivity contribution is 7.99. The highest BCUT2D eigenvalue weighted by Gasteiger charge is 2.37. The summed E-state index contributed by atoms with van der Waals surface area (Å²) in [7, 11) is 0. The van der Waals surface area contributed by atoms with Gasteiger partial charge in [0.25, 0.3) is 0 Å². The molecule has 0 aromatic heterocycles. The minimum absolute atomic E-state index is 0.404. The Morgan fingerprint density at radius 3 is 2.69 bits per heavy atom. The zero-order chi connectivity index (χ0) is 10.3. The van der Waals surface area contributed by atoms with Crippen molar-refractivity contribution >= 4 is 17.7 Å². The molecule has 0 saturated carbocycles. The van der Waals surface area contributed by atoms with Gasteiger partial charge in [-0.05, 0) is 5.75 Å². The number of carboxylic acid groups (broad SMARTS) is 1. The molecule has 0 amide bonds. The average molecular weight is 213 g/mol. The van der Waals surface area contributed by atoms with E-state index in [2.05, 4.69) is 5.32 Å². The number of alkyl halides is 2. The Labute approximate surface area is 79.9 Å². The monoisotopic (exact) mass is 213 g/mol. The van der Waals surface area contributed by atoms with Crippen LogP contribution in [-0.4, -0.2) is 41.6 Å². The van der Waals surface area contributed by atoms with Gasteiger partial charge in [-0.15, -0.1) is 0 Å². The zero-order valence-corrected chi connectivity index (χ0v) is 8.16. The summed E-state index contributed by atoms with van der Waals surface area (Å²) >= 11 is 1.61. The molecule has 0 bridgehead atoms. The second-order valence-electron chi connectivity index (χ2n) is 2.38. The van der Waals surface area contributed by atoms with E-state index in [1.54, 1.807) is 11.8 Å². The molecular formula is C7H13F2NO2S. The van der Waals surface area contributed by atoms with E-state index in [0.29, 0.717) is 12.3 Å². The van der Waals surface area contributed by atoms with Gasteiger partial charge in [0.1, 0.15) is 0 Å². The molecule has 0 aliphatic heterocycles. The van der Waals surface area contributed by atoms with E-state index in [1.165, 1.54) is 0 Å². The molecule has 0 radical (unpaired) electrons. The quantitative estimate of drug-likeness (QED) is 0.621. The number of halogens is 2. The Morgan fingerprint density at radius 1 is 1.62 bits per heavy atom. The maximum Gasteiger partial charge on any atom is 0.375 e. The first-order chi connectivity index (χ1) is 6.00. The molecule has 0 saturated heterocycles. The molecule has 0 aliphatic carbocycles. The van der Waals surface area contributed by atoms with Crippen LogP contribution in [-0.2, 0) is 4.79 Å². The van der Waals surface area contributed by atoms with Crippen molar-refractivity contribution in [2.24, 2.45) is 0 Å². The van der Waals surface area contributed by atoms with Crippen LogP contribution in [0.1, 0.15) is 6.92 Å². The van der Waals surface area contributed by atoms with Gasteiger partial charge in [0.15, 0.2) is 0 Å². The third-order valence-corrected chi connectivity index (χ3v) is 2.19. The van der Waals surface area contributed by atoms with Crippen LogP contribution in [0.3, 0.4) is 0 Å². The minimum atomic E-state index is -3.66. The van der Waals surface area contributed by atoms with Gasteiger partial charge in [-0.2, -0.15) is 20.5 Å². The van der Waals surface area contributed by atoms with E-state index in [9.17, 15) is 13.6 Å². The van der Waals surface area contributed by atoms with Crippen molar-refractivity contribution in [3.05, 3.63) is 0 Å². The lowest BCUT2D eigenvalue weighted by atomic mass is 10.3. The molecule has 0 atom stereocenters. The van der Waals surface area contributed by atoms with Crippen LogP contribution in [0.2, 0.25) is 0 Å². The predicted molar refractivity (Wildman–Crippen MR) is 48.5 cm³/mol. The number of rotatable bonds is 7. The maximum atomic E-state index is 12.4. The Hall–Kier alpha value is -0.360. The van der Waals surface area contributed by atoms with Gasteiger partial charge in [0.05, 0.1) is 6.54 Å². The van der Waals surface area contributed by atoms with Crippen LogP contribution in [0.15, 0.2) is 0 Å². The lowest BCUT2D eigenvalue weighted by Crippen LogP contribution is -2.40. The molecule has 13 heavy (non-hydrogen) atoms. The van der Waals surface area contributed by atoms with E-state index < -0.39 is 18.4 Å². The number of carbonyl (C=O) groups is 1. The molecule has 6 heteroatoms. The second kappa shape index (κ2) is 6.15. The lowest BCUT2D eigenvalue weighted by Gasteiger charge is -2.11. The van der Waals surface area contributed by atoms with Crippen LogP contribution < -0.4 is 5.32 Å². The molecule has 0 aliphatic rings. The molecule has 0 aromatic carbocycles. The van der Waals surface area contributed by atoms with Crippen LogP contribution in [0.5, 0.6) is 0 Å². The number of aliphatic carboxylic acids is 1. The summed E-state index contributed by atoms with van der Waals surface area (Å²) in [5, 5.41) is 10.4. The van der Waals surface area contributed by atoms with Gasteiger partial charge in [0, 0.05) is 12.3 Å². The fourth-order valence-electron chi connectivity index (χ4n) is 0.610. The van der Waals surface area contributed by atoms with Gasteiger partial charge < -0.3 is 10.4 Å². The van der Waals surface area contributed by atoms with Crippen molar-refractivity contribution in [2.45, 2.75) is 12.8 Å². The molecule has 78 valence electrons. The van der Waals surface area contributed by atoms with Gasteiger partial charge in [-0.3, -0.25) is 0 Å². The van der Waals surface area contributed by atoms with E-state index in [1.807, 2.05) is 6.92 Å². The molecular weight excluding hydrogens is 200 g/mol. The van der Waals surface area contributed by atoms with Crippen LogP contribution in [0, 0.1) is 0 Å². The summed E-state index contributed by atoms with van der Waals surface area (Å²) in [6.45, 7) is 1.57. The van der Waals surface area contributed by atoms with Crippen molar-refractivity contribution < 1.29 is 18.7 Å². The molecule has 0 rings (SSSR count). The first kappa shape index (κ1) is 12.6. The number of carboxylic acids is 1. The third-order valence-electron chi connectivity index (χ3n) is 1.29. The van der Waals surface area contributed by atoms with E-state index >= 15 is 0 Å². The lowest BCUT2D eigenvalue weighted by molar-refractivity contribution is -0.163. The summed E-state index contributed by atoms with van der Waals surface area (Å²) in [6, 6.07) is 0. The number of hydrogen-bond acceptors (Lipinski definition) is 3. The summed E-state index contributed by atoms with van der Waals surface area (Å²) in [6.07, 6.45) is 0. The smallest absolute Gasteiger partial charge is 0.375 e. The molecule has 3 nitrogen and oxygen atoms in total. The Morgan fingerprint density at radius 2 is 2.23 bits per heavy atom. The second-order valence-corrected chi connectivity index (χ2v) is 3.78. The van der Waals surface area contributed by atoms with Crippen molar-refractivity contribution in [3.8, 4) is 0 Å². The van der Waals surface area contributed by atoms with Gasteiger partial charge >= 0.3 is 11.9 Å². The predicted octanol–water partition coefficient (Wildman–Crippen LogP) is 1.05. The molecule has 2 N–H and O–H groups in total. The summed E-state index contributed by atoms with van der Waals surface area (Å²) < 4.78 is 24.8. The topological polar surface area (TPSA) is 49.3 Å². The summed E-state index contributed by atoms with van der Waals surface area (Å²) in [5.41, 5.74) is 0. The zero-order valence-electron chi connectivity index (χ0n) is 7.35. The van der Waals surface area contributed by atoms with Crippen LogP contribution in [0.25, 0.3) is 0 Å². The van der Waals surface area contributed by atoms with E-state index in [-0.39, 0.29) is 0 Å². The van der Waals surface area contributed by atoms with Gasteiger partial charge in [-0.1, -0.05) is 6.92 Å². The van der Waals surface area contributed by atoms with Gasteiger partial charge in [-0.25, -0.2) is 4.79 Å². The average Bonchev–Trinajstić information content (AvgIpc) is 2.03. The Bertz CT molecular complexity index is 167. The van der Waals surface area contributed by atoms with Crippen molar-refractivity contribution in [1.29, 1.82) is 0 Å². The summed E-state index contributed by atoms with van der Waals surface area (Å²) in [4.78, 5) is 9.95. The maximum absolute atomic E-state index is 12.4. The standard InChI is InChI=1S/C7H13F2NO2S/c1-2-13-4-3-10-5-7(8,9)6(11)12/h10H,2-5H2,1H3,(H,11,12). The highest BCUT2D eigenvalue weighted by atomic mass is 32.2. The normalized spacial score (nSPS) is 11.6. The van der Waals surface area contributed by atoms with Gasteiger partial charge in [0.2, 0.25) is 0 Å². The molecule has 0 fully saturated rings. The first-order valence-electron chi connectivity index (χ1n) is 3.90. The summed E-state index contributed by atoms with van der Waals surface area (Å²) in [5.74, 6) is -4.09. The van der Waals surface area contributed by atoms with Crippen LogP contribution >= 0.6 is 11.8 Å².